The molecule has 0 saturated carbocycles. The number of carbonyl (C=O) groups excluding carboxylic acids is 2. The number of fused-ring (bicyclic) bond motifs is 1. The predicted octanol–water partition coefficient (Wildman–Crippen LogP) is 0.855. The Hall–Kier alpha value is -3.13. The zero-order chi connectivity index (χ0) is 20.7. The van der Waals surface area contributed by atoms with E-state index in [9.17, 15) is 9.59 Å². The van der Waals surface area contributed by atoms with Crippen LogP contribution in [0.3, 0.4) is 0 Å². The highest BCUT2D eigenvalue weighted by Crippen LogP contribution is 2.52. The molecule has 3 aliphatic rings. The molecule has 5 rings (SSSR count). The largest absolute Gasteiger partial charge is 0.360 e. The van der Waals surface area contributed by atoms with Crippen LogP contribution < -0.4 is 0 Å². The second-order valence-electron chi connectivity index (χ2n) is 8.16. The number of amides is 2. The van der Waals surface area contributed by atoms with Crippen molar-refractivity contribution in [3.05, 3.63) is 66.5 Å². The fourth-order valence-corrected chi connectivity index (χ4v) is 4.85. The molecule has 2 aromatic rings. The standard InChI is InChI=1S/C22H23N5O3/c1-26(12-16-5-10-24-14-25-16)20(28)18-17-2-7-22(30-17)13-27(21(29)19(18)22)11-6-15-3-8-23-9-4-15/h2-5,7-10,14,17-19H,6,11-13H2,1H3/t17-,18+,19+,22-/m0/s1. The second-order valence-corrected chi connectivity index (χ2v) is 8.16. The summed E-state index contributed by atoms with van der Waals surface area (Å²) in [5.74, 6) is -1.05. The average Bonchev–Trinajstić information content (AvgIpc) is 3.41. The fraction of sp³-hybridized carbons (Fsp3) is 0.409. The van der Waals surface area contributed by atoms with E-state index in [4.69, 9.17) is 4.74 Å². The maximum atomic E-state index is 13.3. The number of hydrogen-bond donors (Lipinski definition) is 0. The van der Waals surface area contributed by atoms with E-state index in [0.717, 1.165) is 17.7 Å². The summed E-state index contributed by atoms with van der Waals surface area (Å²) in [5, 5.41) is 0. The van der Waals surface area contributed by atoms with Crippen LogP contribution in [0.25, 0.3) is 0 Å². The minimum atomic E-state index is -0.684. The first-order valence-corrected chi connectivity index (χ1v) is 10.1. The maximum Gasteiger partial charge on any atom is 0.230 e. The Labute approximate surface area is 174 Å². The van der Waals surface area contributed by atoms with Gasteiger partial charge in [0.15, 0.2) is 0 Å². The summed E-state index contributed by atoms with van der Waals surface area (Å²) < 4.78 is 6.21. The van der Waals surface area contributed by atoms with Crippen LogP contribution in [0.15, 0.2) is 55.3 Å². The molecule has 0 N–H and O–H groups in total. The van der Waals surface area contributed by atoms with Crippen LogP contribution in [-0.2, 0) is 27.3 Å². The Balaban J connectivity index is 1.31. The molecule has 0 unspecified atom stereocenters. The van der Waals surface area contributed by atoms with Gasteiger partial charge in [-0.15, -0.1) is 0 Å². The molecule has 2 bridgehead atoms. The molecule has 2 fully saturated rings. The minimum Gasteiger partial charge on any atom is -0.360 e. The lowest BCUT2D eigenvalue weighted by Crippen LogP contribution is -2.44. The van der Waals surface area contributed by atoms with Crippen LogP contribution in [0.4, 0.5) is 0 Å². The molecule has 8 nitrogen and oxygen atoms in total. The van der Waals surface area contributed by atoms with Gasteiger partial charge in [-0.3, -0.25) is 14.6 Å². The van der Waals surface area contributed by atoms with Crippen molar-refractivity contribution in [2.24, 2.45) is 11.8 Å². The van der Waals surface area contributed by atoms with Crippen LogP contribution in [0.5, 0.6) is 0 Å². The Kier molecular flexibility index (Phi) is 4.58. The highest BCUT2D eigenvalue weighted by Gasteiger charge is 2.66. The average molecular weight is 405 g/mol. The van der Waals surface area contributed by atoms with Crippen LogP contribution >= 0.6 is 0 Å². The number of aromatic nitrogens is 3. The highest BCUT2D eigenvalue weighted by atomic mass is 16.5. The molecule has 5 heterocycles. The molecular formula is C22H23N5O3. The topological polar surface area (TPSA) is 88.5 Å². The Bertz CT molecular complexity index is 983. The van der Waals surface area contributed by atoms with Gasteiger partial charge in [0.25, 0.3) is 0 Å². The molecule has 2 amide bonds. The van der Waals surface area contributed by atoms with Crippen molar-refractivity contribution in [3.8, 4) is 0 Å². The minimum absolute atomic E-state index is 0.00434. The molecule has 3 aliphatic heterocycles. The quantitative estimate of drug-likeness (QED) is 0.663. The van der Waals surface area contributed by atoms with E-state index >= 15 is 0 Å². The first kappa shape index (κ1) is 18.9. The molecule has 4 atom stereocenters. The first-order valence-electron chi connectivity index (χ1n) is 10.1. The van der Waals surface area contributed by atoms with Gasteiger partial charge in [0.1, 0.15) is 11.9 Å². The number of carbonyl (C=O) groups is 2. The Morgan fingerprint density at radius 2 is 2.07 bits per heavy atom. The number of pyridine rings is 1. The van der Waals surface area contributed by atoms with Gasteiger partial charge in [-0.2, -0.15) is 0 Å². The molecule has 2 saturated heterocycles. The summed E-state index contributed by atoms with van der Waals surface area (Å²) in [4.78, 5) is 42.2. The summed E-state index contributed by atoms with van der Waals surface area (Å²) in [6, 6.07) is 5.69. The molecule has 0 aliphatic carbocycles. The number of rotatable bonds is 6. The summed E-state index contributed by atoms with van der Waals surface area (Å²) in [6.07, 6.45) is 11.0. The van der Waals surface area contributed by atoms with Crippen molar-refractivity contribution >= 4 is 11.8 Å². The molecule has 30 heavy (non-hydrogen) atoms. The van der Waals surface area contributed by atoms with E-state index < -0.39 is 17.4 Å². The zero-order valence-electron chi connectivity index (χ0n) is 16.7. The van der Waals surface area contributed by atoms with Gasteiger partial charge in [0.05, 0.1) is 36.7 Å². The van der Waals surface area contributed by atoms with Gasteiger partial charge in [0.2, 0.25) is 11.8 Å². The third kappa shape index (κ3) is 3.08. The number of ether oxygens (including phenoxy) is 1. The van der Waals surface area contributed by atoms with E-state index in [1.54, 1.807) is 36.6 Å². The summed E-state index contributed by atoms with van der Waals surface area (Å²) in [6.45, 7) is 1.46. The zero-order valence-corrected chi connectivity index (χ0v) is 16.7. The van der Waals surface area contributed by atoms with Crippen LogP contribution in [0.2, 0.25) is 0 Å². The van der Waals surface area contributed by atoms with Gasteiger partial charge in [-0.05, 0) is 30.2 Å². The van der Waals surface area contributed by atoms with Crippen molar-refractivity contribution in [1.29, 1.82) is 0 Å². The van der Waals surface area contributed by atoms with Gasteiger partial charge in [-0.1, -0.05) is 12.2 Å². The van der Waals surface area contributed by atoms with Crippen molar-refractivity contribution in [2.45, 2.75) is 24.7 Å². The SMILES string of the molecule is CN(Cc1ccncn1)C(=O)[C@@H]1[C@@H]2C=C[C@@]3(CN(CCc4ccncc4)C(=O)[C@@H]13)O2. The predicted molar refractivity (Wildman–Crippen MR) is 107 cm³/mol. The van der Waals surface area contributed by atoms with E-state index in [-0.39, 0.29) is 17.9 Å². The lowest BCUT2D eigenvalue weighted by molar-refractivity contribution is -0.142. The van der Waals surface area contributed by atoms with Gasteiger partial charge in [0, 0.05) is 32.2 Å². The Morgan fingerprint density at radius 1 is 1.27 bits per heavy atom. The molecule has 154 valence electrons. The van der Waals surface area contributed by atoms with Crippen LogP contribution in [-0.4, -0.2) is 68.4 Å². The van der Waals surface area contributed by atoms with E-state index in [1.165, 1.54) is 6.33 Å². The number of nitrogens with zero attached hydrogens (tertiary/aromatic N) is 5. The molecule has 2 aromatic heterocycles. The number of hydrogen-bond acceptors (Lipinski definition) is 6. The number of likely N-dealkylation sites (tertiary alicyclic amines) is 1. The van der Waals surface area contributed by atoms with Crippen molar-refractivity contribution in [3.63, 3.8) is 0 Å². The normalized spacial score (nSPS) is 28.8. The van der Waals surface area contributed by atoms with E-state index in [2.05, 4.69) is 15.0 Å². The second kappa shape index (κ2) is 7.28. The molecule has 0 radical (unpaired) electrons. The van der Waals surface area contributed by atoms with Crippen molar-refractivity contribution in [2.75, 3.05) is 20.1 Å². The van der Waals surface area contributed by atoms with E-state index in [1.807, 2.05) is 29.2 Å². The summed E-state index contributed by atoms with van der Waals surface area (Å²) in [7, 11) is 1.74. The lowest BCUT2D eigenvalue weighted by atomic mass is 9.76. The van der Waals surface area contributed by atoms with E-state index in [0.29, 0.717) is 19.6 Å². The third-order valence-electron chi connectivity index (χ3n) is 6.30. The van der Waals surface area contributed by atoms with Gasteiger partial charge in [-0.25, -0.2) is 9.97 Å². The van der Waals surface area contributed by atoms with Gasteiger partial charge >= 0.3 is 0 Å². The fourth-order valence-electron chi connectivity index (χ4n) is 4.85. The van der Waals surface area contributed by atoms with Crippen molar-refractivity contribution in [1.82, 2.24) is 24.8 Å². The summed E-state index contributed by atoms with van der Waals surface area (Å²) in [5.41, 5.74) is 1.20. The first-order chi connectivity index (χ1) is 14.6. The third-order valence-corrected chi connectivity index (χ3v) is 6.30. The molecule has 1 spiro atoms. The smallest absolute Gasteiger partial charge is 0.230 e. The molecule has 0 aromatic carbocycles. The van der Waals surface area contributed by atoms with Crippen LogP contribution in [0, 0.1) is 11.8 Å². The van der Waals surface area contributed by atoms with Crippen LogP contribution in [0.1, 0.15) is 11.3 Å². The summed E-state index contributed by atoms with van der Waals surface area (Å²) >= 11 is 0. The van der Waals surface area contributed by atoms with Crippen molar-refractivity contribution < 1.29 is 14.3 Å². The monoisotopic (exact) mass is 405 g/mol. The lowest BCUT2D eigenvalue weighted by Gasteiger charge is -2.27. The Morgan fingerprint density at radius 3 is 2.83 bits per heavy atom. The molecular weight excluding hydrogens is 382 g/mol. The maximum absolute atomic E-state index is 13.3. The highest BCUT2D eigenvalue weighted by molar-refractivity contribution is 5.93. The molecule has 8 heteroatoms. The van der Waals surface area contributed by atoms with Gasteiger partial charge < -0.3 is 14.5 Å².